The summed E-state index contributed by atoms with van der Waals surface area (Å²) in [6.45, 7) is 9.48. The smallest absolute Gasteiger partial charge is 0.0510 e. The van der Waals surface area contributed by atoms with Crippen LogP contribution in [0.5, 0.6) is 0 Å². The highest BCUT2D eigenvalue weighted by Crippen LogP contribution is 2.33. The summed E-state index contributed by atoms with van der Waals surface area (Å²) in [7, 11) is 4.24. The molecule has 0 atom stereocenters. The van der Waals surface area contributed by atoms with Crippen molar-refractivity contribution < 1.29 is 0 Å². The van der Waals surface area contributed by atoms with Gasteiger partial charge in [-0.05, 0) is 36.1 Å². The summed E-state index contributed by atoms with van der Waals surface area (Å²) in [6.07, 6.45) is 7.76. The second-order valence-corrected chi connectivity index (χ2v) is 5.63. The monoisotopic (exact) mass is 270 g/mol. The highest BCUT2D eigenvalue weighted by atomic mass is 15.1. The van der Waals surface area contributed by atoms with Crippen LogP contribution < -0.4 is 4.90 Å². The van der Waals surface area contributed by atoms with Crippen LogP contribution in [0.2, 0.25) is 0 Å². The molecule has 1 heterocycles. The maximum Gasteiger partial charge on any atom is 0.0510 e. The van der Waals surface area contributed by atoms with E-state index < -0.39 is 0 Å². The van der Waals surface area contributed by atoms with E-state index in [0.717, 1.165) is 19.4 Å². The first kappa shape index (κ1) is 14.7. The number of fused-ring (bicyclic) bond motifs is 1. The summed E-state index contributed by atoms with van der Waals surface area (Å²) in [5.41, 5.74) is 5.31. The van der Waals surface area contributed by atoms with Crippen molar-refractivity contribution >= 4 is 22.7 Å². The van der Waals surface area contributed by atoms with Crippen molar-refractivity contribution in [2.24, 2.45) is 0 Å². The number of anilines is 1. The summed E-state index contributed by atoms with van der Waals surface area (Å²) in [4.78, 5) is 2.21. The molecule has 1 aromatic heterocycles. The Morgan fingerprint density at radius 2 is 1.95 bits per heavy atom. The fourth-order valence-corrected chi connectivity index (χ4v) is 2.87. The lowest BCUT2D eigenvalue weighted by Crippen LogP contribution is -2.09. The molecule has 108 valence electrons. The molecule has 0 aliphatic heterocycles. The maximum atomic E-state index is 3.93. The van der Waals surface area contributed by atoms with Gasteiger partial charge in [-0.15, -0.1) is 0 Å². The average molecular weight is 270 g/mol. The lowest BCUT2D eigenvalue weighted by Gasteiger charge is -2.17. The molecule has 0 amide bonds. The van der Waals surface area contributed by atoms with Gasteiger partial charge in [0, 0.05) is 37.9 Å². The zero-order valence-electron chi connectivity index (χ0n) is 13.2. The maximum absolute atomic E-state index is 3.93. The summed E-state index contributed by atoms with van der Waals surface area (Å²) < 4.78 is 2.40. The Balaban J connectivity index is 2.77. The molecule has 0 aliphatic carbocycles. The molecule has 0 unspecified atom stereocenters. The first-order valence-corrected chi connectivity index (χ1v) is 7.57. The minimum absolute atomic E-state index is 1.08. The van der Waals surface area contributed by atoms with E-state index in [1.165, 1.54) is 34.1 Å². The zero-order chi connectivity index (χ0) is 14.7. The van der Waals surface area contributed by atoms with Gasteiger partial charge in [-0.1, -0.05) is 32.9 Å². The van der Waals surface area contributed by atoms with Crippen molar-refractivity contribution in [1.82, 2.24) is 4.57 Å². The SMILES string of the molecule is C=Cc1cc(N(C)C)c2c(CCC)cn(CCC)c2c1. The Labute approximate surface area is 122 Å². The Hall–Kier alpha value is -1.70. The first-order valence-electron chi connectivity index (χ1n) is 7.57. The number of nitrogens with zero attached hydrogens (tertiary/aromatic N) is 2. The second kappa shape index (κ2) is 6.17. The number of hydrogen-bond acceptors (Lipinski definition) is 1. The number of aryl methyl sites for hydroxylation is 2. The fraction of sp³-hybridized carbons (Fsp3) is 0.444. The van der Waals surface area contributed by atoms with Crippen LogP contribution in [0.25, 0.3) is 17.0 Å². The predicted octanol–water partition coefficient (Wildman–Crippen LogP) is 4.71. The molecule has 2 heteroatoms. The van der Waals surface area contributed by atoms with Crippen LogP contribution >= 0.6 is 0 Å². The van der Waals surface area contributed by atoms with Crippen LogP contribution in [0.1, 0.15) is 37.8 Å². The number of benzene rings is 1. The number of aromatic nitrogens is 1. The van der Waals surface area contributed by atoms with Gasteiger partial charge in [0.1, 0.15) is 0 Å². The molecule has 0 spiro atoms. The van der Waals surface area contributed by atoms with Gasteiger partial charge >= 0.3 is 0 Å². The molecule has 0 aliphatic rings. The fourth-order valence-electron chi connectivity index (χ4n) is 2.87. The van der Waals surface area contributed by atoms with Crippen LogP contribution in [-0.4, -0.2) is 18.7 Å². The third-order valence-corrected chi connectivity index (χ3v) is 3.76. The molecular formula is C18H26N2. The molecule has 0 N–H and O–H groups in total. The minimum atomic E-state index is 1.08. The Kier molecular flexibility index (Phi) is 4.53. The largest absolute Gasteiger partial charge is 0.377 e. The molecule has 1 aromatic carbocycles. The molecule has 2 nitrogen and oxygen atoms in total. The third-order valence-electron chi connectivity index (χ3n) is 3.76. The van der Waals surface area contributed by atoms with E-state index in [-0.39, 0.29) is 0 Å². The molecule has 2 aromatic rings. The summed E-state index contributed by atoms with van der Waals surface area (Å²) in [5, 5.41) is 1.41. The summed E-state index contributed by atoms with van der Waals surface area (Å²) in [6, 6.07) is 4.51. The molecule has 0 saturated heterocycles. The molecule has 2 rings (SSSR count). The Morgan fingerprint density at radius 1 is 1.20 bits per heavy atom. The lowest BCUT2D eigenvalue weighted by molar-refractivity contribution is 0.700. The van der Waals surface area contributed by atoms with Crippen molar-refractivity contribution in [1.29, 1.82) is 0 Å². The van der Waals surface area contributed by atoms with Gasteiger partial charge in [-0.25, -0.2) is 0 Å². The van der Waals surface area contributed by atoms with Crippen molar-refractivity contribution in [2.75, 3.05) is 19.0 Å². The lowest BCUT2D eigenvalue weighted by atomic mass is 10.0. The van der Waals surface area contributed by atoms with Gasteiger partial charge in [-0.3, -0.25) is 0 Å². The van der Waals surface area contributed by atoms with Gasteiger partial charge in [0.05, 0.1) is 5.52 Å². The highest BCUT2D eigenvalue weighted by Gasteiger charge is 2.14. The van der Waals surface area contributed by atoms with Gasteiger partial charge in [-0.2, -0.15) is 0 Å². The average Bonchev–Trinajstić information content (AvgIpc) is 2.77. The van der Waals surface area contributed by atoms with E-state index in [1.807, 2.05) is 6.08 Å². The molecule has 0 radical (unpaired) electrons. The van der Waals surface area contributed by atoms with Crippen molar-refractivity contribution in [3.63, 3.8) is 0 Å². The van der Waals surface area contributed by atoms with Gasteiger partial charge in [0.2, 0.25) is 0 Å². The van der Waals surface area contributed by atoms with E-state index in [9.17, 15) is 0 Å². The van der Waals surface area contributed by atoms with Gasteiger partial charge < -0.3 is 9.47 Å². The van der Waals surface area contributed by atoms with E-state index in [2.05, 4.69) is 62.3 Å². The van der Waals surface area contributed by atoms with Crippen molar-refractivity contribution in [3.8, 4) is 0 Å². The zero-order valence-corrected chi connectivity index (χ0v) is 13.2. The molecule has 0 saturated carbocycles. The number of rotatable bonds is 6. The van der Waals surface area contributed by atoms with Gasteiger partial charge in [0.25, 0.3) is 0 Å². The van der Waals surface area contributed by atoms with Crippen LogP contribution in [0.4, 0.5) is 5.69 Å². The molecule has 0 bridgehead atoms. The second-order valence-electron chi connectivity index (χ2n) is 5.63. The van der Waals surface area contributed by atoms with E-state index in [4.69, 9.17) is 0 Å². The summed E-state index contributed by atoms with van der Waals surface area (Å²) >= 11 is 0. The third kappa shape index (κ3) is 2.60. The predicted molar refractivity (Wildman–Crippen MR) is 90.6 cm³/mol. The standard InChI is InChI=1S/C18H26N2/c1-6-9-15-13-20(10-7-2)17-12-14(8-3)11-16(18(15)17)19(4)5/h8,11-13H,3,6-7,9-10H2,1-2,4-5H3. The van der Waals surface area contributed by atoms with Gasteiger partial charge in [0.15, 0.2) is 0 Å². The van der Waals surface area contributed by atoms with Crippen LogP contribution in [0.15, 0.2) is 24.9 Å². The van der Waals surface area contributed by atoms with Crippen LogP contribution in [0.3, 0.4) is 0 Å². The van der Waals surface area contributed by atoms with E-state index in [0.29, 0.717) is 0 Å². The summed E-state index contributed by atoms with van der Waals surface area (Å²) in [5.74, 6) is 0. The number of hydrogen-bond donors (Lipinski definition) is 0. The molecule has 20 heavy (non-hydrogen) atoms. The Morgan fingerprint density at radius 3 is 2.50 bits per heavy atom. The van der Waals surface area contributed by atoms with Crippen LogP contribution in [0, 0.1) is 0 Å². The van der Waals surface area contributed by atoms with E-state index in [1.54, 1.807) is 0 Å². The van der Waals surface area contributed by atoms with E-state index >= 15 is 0 Å². The molecule has 0 fully saturated rings. The van der Waals surface area contributed by atoms with Crippen LogP contribution in [-0.2, 0) is 13.0 Å². The molecular weight excluding hydrogens is 244 g/mol. The topological polar surface area (TPSA) is 8.17 Å². The van der Waals surface area contributed by atoms with Crippen molar-refractivity contribution in [2.45, 2.75) is 39.7 Å². The normalized spacial score (nSPS) is 11.0. The van der Waals surface area contributed by atoms with Crippen molar-refractivity contribution in [3.05, 3.63) is 36.0 Å². The Bertz CT molecular complexity index is 605. The first-order chi connectivity index (χ1) is 9.62. The minimum Gasteiger partial charge on any atom is -0.377 e. The quantitative estimate of drug-likeness (QED) is 0.738. The highest BCUT2D eigenvalue weighted by molar-refractivity contribution is 5.97.